The summed E-state index contributed by atoms with van der Waals surface area (Å²) in [6, 6.07) is 0.0743. The van der Waals surface area contributed by atoms with Crippen LogP contribution >= 0.6 is 0 Å². The summed E-state index contributed by atoms with van der Waals surface area (Å²) in [7, 11) is 0. The second-order valence-corrected chi connectivity index (χ2v) is 3.82. The zero-order valence-electron chi connectivity index (χ0n) is 9.12. The van der Waals surface area contributed by atoms with Crippen molar-refractivity contribution in [2.24, 2.45) is 11.7 Å². The van der Waals surface area contributed by atoms with E-state index in [0.717, 1.165) is 6.42 Å². The Kier molecular flexibility index (Phi) is 7.42. The van der Waals surface area contributed by atoms with Crippen LogP contribution in [-0.4, -0.2) is 30.2 Å². The summed E-state index contributed by atoms with van der Waals surface area (Å²) in [5.74, 6) is 0.381. The summed E-state index contributed by atoms with van der Waals surface area (Å²) in [6.07, 6.45) is 1.81. The number of aliphatic hydroxyl groups excluding tert-OH is 1. The Morgan fingerprint density at radius 3 is 2.57 bits per heavy atom. The molecule has 1 atom stereocenters. The van der Waals surface area contributed by atoms with Crippen LogP contribution in [0.3, 0.4) is 0 Å². The van der Waals surface area contributed by atoms with Gasteiger partial charge in [0.05, 0.1) is 0 Å². The van der Waals surface area contributed by atoms with E-state index in [-0.39, 0.29) is 18.6 Å². The lowest BCUT2D eigenvalue weighted by molar-refractivity contribution is -0.122. The number of hydrogen-bond donors (Lipinski definition) is 3. The second kappa shape index (κ2) is 7.76. The van der Waals surface area contributed by atoms with Crippen molar-refractivity contribution in [2.75, 3.05) is 13.2 Å². The van der Waals surface area contributed by atoms with E-state index >= 15 is 0 Å². The van der Waals surface area contributed by atoms with Crippen molar-refractivity contribution in [2.45, 2.75) is 39.2 Å². The molecule has 0 radical (unpaired) electrons. The predicted molar refractivity (Wildman–Crippen MR) is 56.8 cm³/mol. The monoisotopic (exact) mass is 202 g/mol. The van der Waals surface area contributed by atoms with Crippen LogP contribution in [0.25, 0.3) is 0 Å². The number of amides is 1. The van der Waals surface area contributed by atoms with E-state index in [9.17, 15) is 4.79 Å². The van der Waals surface area contributed by atoms with E-state index < -0.39 is 0 Å². The van der Waals surface area contributed by atoms with Gasteiger partial charge in [-0.3, -0.25) is 4.79 Å². The van der Waals surface area contributed by atoms with Gasteiger partial charge in [-0.25, -0.2) is 0 Å². The molecule has 1 amide bonds. The van der Waals surface area contributed by atoms with Crippen LogP contribution in [0.2, 0.25) is 0 Å². The molecular weight excluding hydrogens is 180 g/mol. The van der Waals surface area contributed by atoms with Gasteiger partial charge in [-0.05, 0) is 25.3 Å². The van der Waals surface area contributed by atoms with Crippen LogP contribution in [0.1, 0.15) is 33.1 Å². The van der Waals surface area contributed by atoms with Crippen LogP contribution < -0.4 is 11.1 Å². The number of carbonyl (C=O) groups excluding carboxylic acids is 1. The van der Waals surface area contributed by atoms with Crippen LogP contribution in [0.5, 0.6) is 0 Å². The molecule has 0 aliphatic heterocycles. The molecule has 0 rings (SSSR count). The average Bonchev–Trinajstić information content (AvgIpc) is 2.14. The Balaban J connectivity index is 3.83. The van der Waals surface area contributed by atoms with Crippen molar-refractivity contribution in [3.63, 3.8) is 0 Å². The maximum atomic E-state index is 11.3. The third-order valence-electron chi connectivity index (χ3n) is 2.20. The predicted octanol–water partition coefficient (Wildman–Crippen LogP) is 0.249. The van der Waals surface area contributed by atoms with Gasteiger partial charge in [-0.15, -0.1) is 0 Å². The second-order valence-electron chi connectivity index (χ2n) is 3.82. The lowest BCUT2D eigenvalue weighted by atomic mass is 10.0. The van der Waals surface area contributed by atoms with Crippen molar-refractivity contribution in [1.29, 1.82) is 0 Å². The molecule has 0 aromatic heterocycles. The molecule has 14 heavy (non-hydrogen) atoms. The summed E-state index contributed by atoms with van der Waals surface area (Å²) in [6.45, 7) is 4.72. The highest BCUT2D eigenvalue weighted by atomic mass is 16.3. The first-order valence-corrected chi connectivity index (χ1v) is 5.22. The van der Waals surface area contributed by atoms with Gasteiger partial charge in [0.25, 0.3) is 0 Å². The van der Waals surface area contributed by atoms with E-state index in [2.05, 4.69) is 5.32 Å². The summed E-state index contributed by atoms with van der Waals surface area (Å²) in [4.78, 5) is 11.3. The van der Waals surface area contributed by atoms with Crippen LogP contribution in [0, 0.1) is 5.92 Å². The highest BCUT2D eigenvalue weighted by Crippen LogP contribution is 2.05. The van der Waals surface area contributed by atoms with Gasteiger partial charge < -0.3 is 16.2 Å². The van der Waals surface area contributed by atoms with Gasteiger partial charge in [-0.2, -0.15) is 0 Å². The van der Waals surface area contributed by atoms with Gasteiger partial charge in [0.2, 0.25) is 5.91 Å². The maximum absolute atomic E-state index is 11.3. The summed E-state index contributed by atoms with van der Waals surface area (Å²) >= 11 is 0. The first-order chi connectivity index (χ1) is 6.61. The molecule has 4 nitrogen and oxygen atoms in total. The number of nitrogens with one attached hydrogen (secondary N) is 1. The molecule has 84 valence electrons. The van der Waals surface area contributed by atoms with Crippen LogP contribution in [0.4, 0.5) is 0 Å². The Morgan fingerprint density at radius 1 is 1.50 bits per heavy atom. The fourth-order valence-electron chi connectivity index (χ4n) is 1.25. The van der Waals surface area contributed by atoms with Crippen molar-refractivity contribution >= 4 is 5.91 Å². The van der Waals surface area contributed by atoms with Gasteiger partial charge in [-0.1, -0.05) is 13.8 Å². The highest BCUT2D eigenvalue weighted by Gasteiger charge is 2.14. The lowest BCUT2D eigenvalue weighted by Gasteiger charge is -2.21. The minimum absolute atomic E-state index is 0.0302. The fourth-order valence-corrected chi connectivity index (χ4v) is 1.25. The summed E-state index contributed by atoms with van der Waals surface area (Å²) in [5.41, 5.74) is 5.31. The van der Waals surface area contributed by atoms with Gasteiger partial charge in [0, 0.05) is 19.1 Å². The molecule has 0 bridgehead atoms. The van der Waals surface area contributed by atoms with Crippen LogP contribution in [-0.2, 0) is 4.79 Å². The third-order valence-corrected chi connectivity index (χ3v) is 2.20. The fraction of sp³-hybridized carbons (Fsp3) is 0.900. The van der Waals surface area contributed by atoms with Gasteiger partial charge in [0.15, 0.2) is 0 Å². The zero-order valence-corrected chi connectivity index (χ0v) is 9.12. The third kappa shape index (κ3) is 5.94. The first-order valence-electron chi connectivity index (χ1n) is 5.22. The van der Waals surface area contributed by atoms with E-state index in [4.69, 9.17) is 10.8 Å². The zero-order chi connectivity index (χ0) is 11.0. The molecule has 0 fully saturated rings. The Hall–Kier alpha value is -0.610. The molecule has 4 N–H and O–H groups in total. The molecule has 0 aromatic rings. The molecule has 0 aliphatic rings. The minimum Gasteiger partial charge on any atom is -0.396 e. The standard InChI is InChI=1S/C10H22N2O2/c1-8(2)9(5-7-13)12-10(14)4-3-6-11/h8-9,13H,3-7,11H2,1-2H3,(H,12,14). The molecule has 0 heterocycles. The Bertz CT molecular complexity index is 160. The van der Waals surface area contributed by atoms with Crippen molar-refractivity contribution in [1.82, 2.24) is 5.32 Å². The Morgan fingerprint density at radius 2 is 2.14 bits per heavy atom. The molecule has 0 aromatic carbocycles. The minimum atomic E-state index is 0.0302. The summed E-state index contributed by atoms with van der Waals surface area (Å²) < 4.78 is 0. The van der Waals surface area contributed by atoms with E-state index in [1.54, 1.807) is 0 Å². The molecule has 0 saturated carbocycles. The van der Waals surface area contributed by atoms with Crippen molar-refractivity contribution in [3.05, 3.63) is 0 Å². The maximum Gasteiger partial charge on any atom is 0.220 e. The van der Waals surface area contributed by atoms with E-state index in [1.807, 2.05) is 13.8 Å². The number of carbonyl (C=O) groups is 1. The van der Waals surface area contributed by atoms with Gasteiger partial charge in [0.1, 0.15) is 0 Å². The molecule has 0 spiro atoms. The number of hydrogen-bond acceptors (Lipinski definition) is 3. The molecule has 0 saturated heterocycles. The van der Waals surface area contributed by atoms with Gasteiger partial charge >= 0.3 is 0 Å². The Labute approximate surface area is 85.9 Å². The lowest BCUT2D eigenvalue weighted by Crippen LogP contribution is -2.39. The van der Waals surface area contributed by atoms with Crippen molar-refractivity contribution in [3.8, 4) is 0 Å². The largest absolute Gasteiger partial charge is 0.396 e. The normalized spacial score (nSPS) is 12.9. The smallest absolute Gasteiger partial charge is 0.220 e. The highest BCUT2D eigenvalue weighted by molar-refractivity contribution is 5.76. The molecule has 4 heteroatoms. The number of aliphatic hydroxyl groups is 1. The quantitative estimate of drug-likeness (QED) is 0.554. The number of rotatable bonds is 7. The molecule has 1 unspecified atom stereocenters. The first kappa shape index (κ1) is 13.4. The SMILES string of the molecule is CC(C)C(CCO)NC(=O)CCCN. The van der Waals surface area contributed by atoms with Crippen LogP contribution in [0.15, 0.2) is 0 Å². The van der Waals surface area contributed by atoms with Crippen molar-refractivity contribution < 1.29 is 9.90 Å². The van der Waals surface area contributed by atoms with E-state index in [1.165, 1.54) is 0 Å². The number of nitrogens with two attached hydrogens (primary N) is 1. The average molecular weight is 202 g/mol. The summed E-state index contributed by atoms with van der Waals surface area (Å²) in [5, 5.41) is 11.7. The molecular formula is C10H22N2O2. The molecule has 0 aliphatic carbocycles. The topological polar surface area (TPSA) is 75.3 Å². The van der Waals surface area contributed by atoms with E-state index in [0.29, 0.717) is 25.3 Å².